The molecular formula is C20H17N5O5. The maximum Gasteiger partial charge on any atom is 0.317 e. The number of phenols is 1. The molecular weight excluding hydrogens is 390 g/mol. The number of nitrogens with two attached hydrogens (primary N) is 2. The second-order valence-electron chi connectivity index (χ2n) is 6.54. The molecule has 10 nitrogen and oxygen atoms in total. The third kappa shape index (κ3) is 4.17. The molecule has 0 radical (unpaired) electrons. The first-order valence-corrected chi connectivity index (χ1v) is 8.63. The molecule has 0 aliphatic carbocycles. The van der Waals surface area contributed by atoms with E-state index >= 15 is 0 Å². The lowest BCUT2D eigenvalue weighted by Crippen LogP contribution is -1.94. The smallest absolute Gasteiger partial charge is 0.317 e. The van der Waals surface area contributed by atoms with Crippen LogP contribution in [0, 0.1) is 27.2 Å². The number of nitrogens with zero attached hydrogens (tertiary/aromatic N) is 3. The molecule has 4 rings (SSSR count). The van der Waals surface area contributed by atoms with Crippen LogP contribution in [0.5, 0.6) is 5.75 Å². The van der Waals surface area contributed by atoms with E-state index in [1.54, 1.807) is 0 Å². The number of aryl methyl sites for hydroxylation is 1. The first-order valence-electron chi connectivity index (χ1n) is 8.63. The van der Waals surface area contributed by atoms with Crippen LogP contribution in [0.4, 0.5) is 22.7 Å². The van der Waals surface area contributed by atoms with Crippen LogP contribution in [0.2, 0.25) is 0 Å². The highest BCUT2D eigenvalue weighted by molar-refractivity contribution is 5.94. The van der Waals surface area contributed by atoms with Gasteiger partial charge in [0.25, 0.3) is 5.69 Å². The molecule has 0 saturated carbocycles. The van der Waals surface area contributed by atoms with Crippen molar-refractivity contribution in [3.8, 4) is 5.75 Å². The Morgan fingerprint density at radius 2 is 1.37 bits per heavy atom. The number of aromatic hydroxyl groups is 1. The molecule has 0 aliphatic heterocycles. The summed E-state index contributed by atoms with van der Waals surface area (Å²) >= 11 is 0. The molecule has 0 aliphatic rings. The van der Waals surface area contributed by atoms with E-state index < -0.39 is 27.0 Å². The number of nitro benzene ring substituents is 2. The number of hydrogen-bond acceptors (Lipinski definition) is 8. The van der Waals surface area contributed by atoms with Crippen LogP contribution in [0.25, 0.3) is 21.8 Å². The number of pyridine rings is 1. The highest BCUT2D eigenvalue weighted by atomic mass is 16.6. The summed E-state index contributed by atoms with van der Waals surface area (Å²) in [6, 6.07) is 15.4. The van der Waals surface area contributed by atoms with Crippen molar-refractivity contribution in [1.29, 1.82) is 0 Å². The molecule has 1 heterocycles. The van der Waals surface area contributed by atoms with Gasteiger partial charge < -0.3 is 16.6 Å². The highest BCUT2D eigenvalue weighted by Crippen LogP contribution is 2.33. The summed E-state index contributed by atoms with van der Waals surface area (Å²) in [5.74, 6) is -0.541. The number of aromatic nitrogens is 1. The van der Waals surface area contributed by atoms with Crippen molar-refractivity contribution in [3.05, 3.63) is 80.4 Å². The molecule has 0 unspecified atom stereocenters. The zero-order chi connectivity index (χ0) is 22.0. The predicted molar refractivity (Wildman–Crippen MR) is 114 cm³/mol. The summed E-state index contributed by atoms with van der Waals surface area (Å²) in [4.78, 5) is 23.6. The molecule has 4 aromatic rings. The van der Waals surface area contributed by atoms with Crippen molar-refractivity contribution < 1.29 is 15.0 Å². The Bertz CT molecular complexity index is 1250. The number of nitro groups is 2. The summed E-state index contributed by atoms with van der Waals surface area (Å²) in [6.07, 6.45) is 0. The number of rotatable bonds is 2. The van der Waals surface area contributed by atoms with E-state index in [0.29, 0.717) is 0 Å². The van der Waals surface area contributed by atoms with Gasteiger partial charge in [-0.1, -0.05) is 12.1 Å². The van der Waals surface area contributed by atoms with Gasteiger partial charge in [-0.05, 0) is 37.3 Å². The quantitative estimate of drug-likeness (QED) is 0.193. The third-order valence-electron chi connectivity index (χ3n) is 4.33. The van der Waals surface area contributed by atoms with E-state index in [-0.39, 0.29) is 5.56 Å². The number of fused-ring (bicyclic) bond motifs is 2. The minimum atomic E-state index is -0.866. The molecule has 3 aromatic carbocycles. The van der Waals surface area contributed by atoms with E-state index in [1.165, 1.54) is 6.92 Å². The second-order valence-corrected chi connectivity index (χ2v) is 6.54. The third-order valence-corrected chi connectivity index (χ3v) is 4.33. The van der Waals surface area contributed by atoms with Gasteiger partial charge in [-0.15, -0.1) is 0 Å². The topological polar surface area (TPSA) is 171 Å². The van der Waals surface area contributed by atoms with Crippen molar-refractivity contribution in [2.75, 3.05) is 11.5 Å². The lowest BCUT2D eigenvalue weighted by molar-refractivity contribution is -0.394. The lowest BCUT2D eigenvalue weighted by atomic mass is 10.1. The molecule has 10 heteroatoms. The Labute approximate surface area is 169 Å². The van der Waals surface area contributed by atoms with Gasteiger partial charge in [-0.25, -0.2) is 4.98 Å². The SMILES string of the molecule is Cc1cc([N+](=O)[O-])cc([N+](=O)[O-])c1O.Nc1ccc2cc3ccc(N)cc3nc2c1. The van der Waals surface area contributed by atoms with Crippen molar-refractivity contribution in [2.24, 2.45) is 0 Å². The van der Waals surface area contributed by atoms with E-state index in [4.69, 9.17) is 11.5 Å². The Kier molecular flexibility index (Phi) is 5.32. The Balaban J connectivity index is 0.000000173. The van der Waals surface area contributed by atoms with Gasteiger partial charge in [0.15, 0.2) is 5.75 Å². The van der Waals surface area contributed by atoms with Crippen LogP contribution in [-0.2, 0) is 0 Å². The number of benzene rings is 3. The summed E-state index contributed by atoms with van der Waals surface area (Å²) < 4.78 is 0. The zero-order valence-electron chi connectivity index (χ0n) is 15.8. The van der Waals surface area contributed by atoms with Gasteiger partial charge in [0.05, 0.1) is 26.9 Å². The van der Waals surface area contributed by atoms with Gasteiger partial charge in [-0.3, -0.25) is 20.2 Å². The molecule has 0 bridgehead atoms. The normalized spacial score (nSPS) is 10.4. The molecule has 5 N–H and O–H groups in total. The fourth-order valence-electron chi connectivity index (χ4n) is 2.84. The monoisotopic (exact) mass is 407 g/mol. The van der Waals surface area contributed by atoms with Gasteiger partial charge in [0.2, 0.25) is 0 Å². The van der Waals surface area contributed by atoms with Crippen LogP contribution in [0.1, 0.15) is 5.56 Å². The summed E-state index contributed by atoms with van der Waals surface area (Å²) in [7, 11) is 0. The van der Waals surface area contributed by atoms with Crippen molar-refractivity contribution in [3.63, 3.8) is 0 Å². The van der Waals surface area contributed by atoms with Crippen LogP contribution < -0.4 is 11.5 Å². The van der Waals surface area contributed by atoms with E-state index in [9.17, 15) is 25.3 Å². The fraction of sp³-hybridized carbons (Fsp3) is 0.0500. The number of phenolic OH excluding ortho intramolecular Hbond substituents is 1. The number of anilines is 2. The van der Waals surface area contributed by atoms with Gasteiger partial charge in [-0.2, -0.15) is 0 Å². The molecule has 0 saturated heterocycles. The number of hydrogen-bond donors (Lipinski definition) is 3. The maximum atomic E-state index is 10.4. The second kappa shape index (κ2) is 7.87. The zero-order valence-corrected chi connectivity index (χ0v) is 15.8. The standard InChI is InChI=1S/C13H11N3.C7H6N2O5/c14-10-3-1-8-5-9-2-4-11(15)7-13(9)16-12(8)6-10;1-4-2-5(8(11)12)3-6(7(4)10)9(13)14/h1-7H,14-15H2;2-3,10H,1H3. The van der Waals surface area contributed by atoms with Crippen molar-refractivity contribution >= 4 is 44.6 Å². The lowest BCUT2D eigenvalue weighted by Gasteiger charge is -2.03. The van der Waals surface area contributed by atoms with Gasteiger partial charge >= 0.3 is 5.69 Å². The summed E-state index contributed by atoms with van der Waals surface area (Å²) in [6.45, 7) is 1.36. The Morgan fingerprint density at radius 3 is 1.83 bits per heavy atom. The van der Waals surface area contributed by atoms with E-state index in [2.05, 4.69) is 11.1 Å². The van der Waals surface area contributed by atoms with Gasteiger partial charge in [0, 0.05) is 33.8 Å². The van der Waals surface area contributed by atoms with Crippen LogP contribution in [0.15, 0.2) is 54.6 Å². The number of nitrogen functional groups attached to an aromatic ring is 2. The van der Waals surface area contributed by atoms with Crippen molar-refractivity contribution in [2.45, 2.75) is 6.92 Å². The largest absolute Gasteiger partial charge is 0.502 e. The molecule has 152 valence electrons. The molecule has 0 fully saturated rings. The molecule has 1 aromatic heterocycles. The van der Waals surface area contributed by atoms with Crippen LogP contribution in [-0.4, -0.2) is 19.9 Å². The Morgan fingerprint density at radius 1 is 0.833 bits per heavy atom. The van der Waals surface area contributed by atoms with Crippen LogP contribution in [0.3, 0.4) is 0 Å². The average Bonchev–Trinajstić information content (AvgIpc) is 2.68. The predicted octanol–water partition coefficient (Wildman–Crippen LogP) is 4.07. The maximum absolute atomic E-state index is 10.4. The molecule has 0 spiro atoms. The van der Waals surface area contributed by atoms with E-state index in [1.807, 2.05) is 36.4 Å². The van der Waals surface area contributed by atoms with Gasteiger partial charge in [0.1, 0.15) is 0 Å². The number of non-ortho nitro benzene ring substituents is 1. The minimum Gasteiger partial charge on any atom is -0.502 e. The summed E-state index contributed by atoms with van der Waals surface area (Å²) in [5, 5.41) is 32.1. The average molecular weight is 407 g/mol. The highest BCUT2D eigenvalue weighted by Gasteiger charge is 2.21. The van der Waals surface area contributed by atoms with Crippen LogP contribution >= 0.6 is 0 Å². The fourth-order valence-corrected chi connectivity index (χ4v) is 2.84. The first kappa shape index (κ1) is 20.3. The minimum absolute atomic E-state index is 0.103. The molecule has 0 atom stereocenters. The summed E-state index contributed by atoms with van der Waals surface area (Å²) in [5.41, 5.74) is 13.8. The first-order chi connectivity index (χ1) is 14.2. The molecule has 30 heavy (non-hydrogen) atoms. The van der Waals surface area contributed by atoms with Crippen molar-refractivity contribution in [1.82, 2.24) is 4.98 Å². The Hall–Kier alpha value is -4.47. The molecule has 0 amide bonds. The van der Waals surface area contributed by atoms with E-state index in [0.717, 1.165) is 45.3 Å².